The maximum atomic E-state index is 11.9. The molecule has 3 nitrogen and oxygen atoms in total. The van der Waals surface area contributed by atoms with Gasteiger partial charge < -0.3 is 4.74 Å². The molecule has 0 atom stereocenters. The molecule has 0 N–H and O–H groups in total. The number of nitrogens with zero attached hydrogens (tertiary/aromatic N) is 1. The molecule has 0 spiro atoms. The summed E-state index contributed by atoms with van der Waals surface area (Å²) in [5, 5.41) is 0. The van der Waals surface area contributed by atoms with Gasteiger partial charge in [0, 0.05) is 29.5 Å². The number of hydrogen-bond acceptors (Lipinski definition) is 3. The Morgan fingerprint density at radius 1 is 1.22 bits per heavy atom. The number of ether oxygens (including phenoxy) is 1. The minimum atomic E-state index is 0.232. The van der Waals surface area contributed by atoms with Crippen LogP contribution < -0.4 is 0 Å². The molecule has 0 saturated carbocycles. The molecule has 1 heterocycles. The Balaban J connectivity index is 1.72. The van der Waals surface area contributed by atoms with E-state index in [1.165, 1.54) is 0 Å². The number of morpholine rings is 1. The van der Waals surface area contributed by atoms with Crippen LogP contribution in [0.5, 0.6) is 0 Å². The molecule has 0 bridgehead atoms. The van der Waals surface area contributed by atoms with Crippen LogP contribution in [0.4, 0.5) is 0 Å². The summed E-state index contributed by atoms with van der Waals surface area (Å²) >= 11 is 3.37. The molecule has 4 heteroatoms. The molecular weight excluding hydrogens is 294 g/mol. The van der Waals surface area contributed by atoms with Crippen LogP contribution in [-0.4, -0.2) is 43.5 Å². The number of Topliss-reactive ketones (excluding diaryl/α,β-unsaturated/α-hetero) is 1. The third-order valence-corrected chi connectivity index (χ3v) is 3.68. The number of ketones is 1. The van der Waals surface area contributed by atoms with E-state index in [1.807, 2.05) is 24.3 Å². The van der Waals surface area contributed by atoms with Gasteiger partial charge in [0.2, 0.25) is 0 Å². The molecule has 0 aliphatic carbocycles. The highest BCUT2D eigenvalue weighted by molar-refractivity contribution is 9.10. The molecule has 18 heavy (non-hydrogen) atoms. The van der Waals surface area contributed by atoms with Crippen molar-refractivity contribution in [3.8, 4) is 0 Å². The maximum Gasteiger partial charge on any atom is 0.162 e. The first kappa shape index (κ1) is 13.7. The van der Waals surface area contributed by atoms with Crippen molar-refractivity contribution in [2.45, 2.75) is 12.8 Å². The molecule has 1 saturated heterocycles. The first-order chi connectivity index (χ1) is 8.75. The van der Waals surface area contributed by atoms with Crippen molar-refractivity contribution >= 4 is 21.7 Å². The fourth-order valence-electron chi connectivity index (χ4n) is 2.07. The van der Waals surface area contributed by atoms with Gasteiger partial charge in [0.05, 0.1) is 13.2 Å². The average Bonchev–Trinajstić information content (AvgIpc) is 2.40. The van der Waals surface area contributed by atoms with Crippen LogP contribution in [0.25, 0.3) is 0 Å². The van der Waals surface area contributed by atoms with Crippen LogP contribution in [0, 0.1) is 0 Å². The topological polar surface area (TPSA) is 29.5 Å². The van der Waals surface area contributed by atoms with Gasteiger partial charge in [0.15, 0.2) is 5.78 Å². The smallest absolute Gasteiger partial charge is 0.162 e. The molecular formula is C14H18BrNO2. The monoisotopic (exact) mass is 311 g/mol. The number of benzene rings is 1. The first-order valence-electron chi connectivity index (χ1n) is 6.34. The zero-order valence-electron chi connectivity index (χ0n) is 10.4. The van der Waals surface area contributed by atoms with Gasteiger partial charge in [-0.05, 0) is 25.1 Å². The SMILES string of the molecule is O=C(CCCN1CCOCC1)c1ccc(Br)cc1. The molecule has 0 unspecified atom stereocenters. The Labute approximate surface area is 116 Å². The van der Waals surface area contributed by atoms with E-state index in [9.17, 15) is 4.79 Å². The van der Waals surface area contributed by atoms with E-state index >= 15 is 0 Å². The lowest BCUT2D eigenvalue weighted by Gasteiger charge is -2.26. The summed E-state index contributed by atoms with van der Waals surface area (Å²) in [6.07, 6.45) is 1.55. The third kappa shape index (κ3) is 4.19. The van der Waals surface area contributed by atoms with E-state index in [-0.39, 0.29) is 5.78 Å². The molecule has 1 aliphatic rings. The van der Waals surface area contributed by atoms with Crippen molar-refractivity contribution in [3.05, 3.63) is 34.3 Å². The van der Waals surface area contributed by atoms with Gasteiger partial charge in [-0.15, -0.1) is 0 Å². The lowest BCUT2D eigenvalue weighted by atomic mass is 10.1. The predicted molar refractivity (Wildman–Crippen MR) is 75.0 cm³/mol. The number of hydrogen-bond donors (Lipinski definition) is 0. The fourth-order valence-corrected chi connectivity index (χ4v) is 2.33. The highest BCUT2D eigenvalue weighted by Crippen LogP contribution is 2.13. The Morgan fingerprint density at radius 2 is 1.89 bits per heavy atom. The standard InChI is InChI=1S/C14H18BrNO2/c15-13-5-3-12(4-6-13)14(17)2-1-7-16-8-10-18-11-9-16/h3-6H,1-2,7-11H2. The van der Waals surface area contributed by atoms with Crippen molar-refractivity contribution in [3.63, 3.8) is 0 Å². The summed E-state index contributed by atoms with van der Waals surface area (Å²) in [7, 11) is 0. The second-order valence-corrected chi connectivity index (χ2v) is 5.40. The molecule has 1 aromatic rings. The summed E-state index contributed by atoms with van der Waals surface area (Å²) in [6, 6.07) is 7.58. The van der Waals surface area contributed by atoms with Gasteiger partial charge in [0.25, 0.3) is 0 Å². The van der Waals surface area contributed by atoms with E-state index in [4.69, 9.17) is 4.74 Å². The molecule has 1 aromatic carbocycles. The van der Waals surface area contributed by atoms with E-state index < -0.39 is 0 Å². The summed E-state index contributed by atoms with van der Waals surface area (Å²) in [4.78, 5) is 14.3. The van der Waals surface area contributed by atoms with Gasteiger partial charge in [-0.3, -0.25) is 9.69 Å². The summed E-state index contributed by atoms with van der Waals surface area (Å²) in [6.45, 7) is 4.62. The lowest BCUT2D eigenvalue weighted by Crippen LogP contribution is -2.36. The van der Waals surface area contributed by atoms with E-state index in [2.05, 4.69) is 20.8 Å². The van der Waals surface area contributed by atoms with Crippen LogP contribution in [0.2, 0.25) is 0 Å². The number of halogens is 1. The zero-order valence-corrected chi connectivity index (χ0v) is 12.0. The average molecular weight is 312 g/mol. The number of carbonyl (C=O) groups is 1. The van der Waals surface area contributed by atoms with Gasteiger partial charge in [-0.2, -0.15) is 0 Å². The second-order valence-electron chi connectivity index (χ2n) is 4.49. The molecule has 0 aromatic heterocycles. The first-order valence-corrected chi connectivity index (χ1v) is 7.14. The normalized spacial score (nSPS) is 16.7. The highest BCUT2D eigenvalue weighted by atomic mass is 79.9. The van der Waals surface area contributed by atoms with Crippen molar-refractivity contribution in [1.82, 2.24) is 4.90 Å². The van der Waals surface area contributed by atoms with Crippen molar-refractivity contribution in [2.24, 2.45) is 0 Å². The lowest BCUT2D eigenvalue weighted by molar-refractivity contribution is 0.0371. The van der Waals surface area contributed by atoms with Crippen LogP contribution in [-0.2, 0) is 4.74 Å². The summed E-state index contributed by atoms with van der Waals surface area (Å²) in [5.41, 5.74) is 0.806. The largest absolute Gasteiger partial charge is 0.379 e. The van der Waals surface area contributed by atoms with E-state index in [0.29, 0.717) is 6.42 Å². The van der Waals surface area contributed by atoms with Crippen LogP contribution in [0.15, 0.2) is 28.7 Å². The van der Waals surface area contributed by atoms with E-state index in [1.54, 1.807) is 0 Å². The Bertz CT molecular complexity index is 385. The summed E-state index contributed by atoms with van der Waals surface area (Å²) < 4.78 is 6.30. The third-order valence-electron chi connectivity index (χ3n) is 3.15. The Hall–Kier alpha value is -0.710. The van der Waals surface area contributed by atoms with Gasteiger partial charge in [-0.25, -0.2) is 0 Å². The van der Waals surface area contributed by atoms with Gasteiger partial charge in [0.1, 0.15) is 0 Å². The predicted octanol–water partition coefficient (Wildman–Crippen LogP) is 2.74. The van der Waals surface area contributed by atoms with Crippen LogP contribution in [0.1, 0.15) is 23.2 Å². The molecule has 98 valence electrons. The van der Waals surface area contributed by atoms with Crippen molar-refractivity contribution in [1.29, 1.82) is 0 Å². The second kappa shape index (κ2) is 7.02. The molecule has 0 radical (unpaired) electrons. The molecule has 2 rings (SSSR count). The van der Waals surface area contributed by atoms with Crippen LogP contribution >= 0.6 is 15.9 Å². The Kier molecular flexibility index (Phi) is 5.35. The molecule has 0 amide bonds. The van der Waals surface area contributed by atoms with Crippen LogP contribution in [0.3, 0.4) is 0 Å². The van der Waals surface area contributed by atoms with Crippen molar-refractivity contribution < 1.29 is 9.53 Å². The summed E-state index contributed by atoms with van der Waals surface area (Å²) in [5.74, 6) is 0.232. The zero-order chi connectivity index (χ0) is 12.8. The quantitative estimate of drug-likeness (QED) is 0.783. The minimum absolute atomic E-state index is 0.232. The molecule has 1 aliphatic heterocycles. The molecule has 1 fully saturated rings. The fraction of sp³-hybridized carbons (Fsp3) is 0.500. The van der Waals surface area contributed by atoms with Gasteiger partial charge >= 0.3 is 0 Å². The van der Waals surface area contributed by atoms with Crippen molar-refractivity contribution in [2.75, 3.05) is 32.8 Å². The number of carbonyl (C=O) groups excluding carboxylic acids is 1. The number of rotatable bonds is 5. The maximum absolute atomic E-state index is 11.9. The van der Waals surface area contributed by atoms with E-state index in [0.717, 1.165) is 49.3 Å². The van der Waals surface area contributed by atoms with Gasteiger partial charge in [-0.1, -0.05) is 28.1 Å². The minimum Gasteiger partial charge on any atom is -0.379 e. The highest BCUT2D eigenvalue weighted by Gasteiger charge is 2.11. The Morgan fingerprint density at radius 3 is 2.56 bits per heavy atom.